The molecule has 1 aromatic rings. The van der Waals surface area contributed by atoms with Gasteiger partial charge in [0.2, 0.25) is 0 Å². The number of piperidine rings is 1. The Balaban J connectivity index is 2.08. The Labute approximate surface area is 87.1 Å². The van der Waals surface area contributed by atoms with E-state index in [1.165, 1.54) is 0 Å². The van der Waals surface area contributed by atoms with Crippen molar-refractivity contribution < 1.29 is 9.90 Å². The molecule has 1 fully saturated rings. The van der Waals surface area contributed by atoms with Crippen molar-refractivity contribution in [2.75, 3.05) is 11.4 Å². The van der Waals surface area contributed by atoms with Crippen molar-refractivity contribution in [1.82, 2.24) is 10.2 Å². The first-order chi connectivity index (χ1) is 7.18. The fraction of sp³-hybridized carbons (Fsp3) is 0.600. The lowest BCUT2D eigenvalue weighted by atomic mass is 9.76. The minimum absolute atomic E-state index is 0.00125. The number of anilines is 1. The van der Waals surface area contributed by atoms with Gasteiger partial charge in [-0.1, -0.05) is 0 Å². The highest BCUT2D eigenvalue weighted by Gasteiger charge is 2.45. The van der Waals surface area contributed by atoms with E-state index in [4.69, 9.17) is 0 Å². The van der Waals surface area contributed by atoms with Crippen LogP contribution in [0.1, 0.15) is 25.0 Å². The molecule has 2 bridgehead atoms. The molecule has 3 aliphatic heterocycles. The van der Waals surface area contributed by atoms with Crippen molar-refractivity contribution in [1.29, 1.82) is 0 Å². The zero-order chi connectivity index (χ0) is 10.6. The Hall–Kier alpha value is -1.36. The van der Waals surface area contributed by atoms with Gasteiger partial charge in [0.1, 0.15) is 12.0 Å². The second-order valence-corrected chi connectivity index (χ2v) is 4.36. The summed E-state index contributed by atoms with van der Waals surface area (Å²) in [6, 6.07) is 0. The number of carbonyl (C=O) groups is 1. The van der Waals surface area contributed by atoms with E-state index in [0.29, 0.717) is 13.0 Å². The molecule has 3 atom stereocenters. The maximum absolute atomic E-state index is 11.5. The number of hydrogen-bond donors (Lipinski definition) is 2. The number of hydrogen-bond acceptors (Lipinski definition) is 4. The van der Waals surface area contributed by atoms with E-state index in [-0.39, 0.29) is 17.6 Å². The van der Waals surface area contributed by atoms with Crippen molar-refractivity contribution in [3.05, 3.63) is 11.9 Å². The minimum Gasteiger partial charge on any atom is -0.374 e. The van der Waals surface area contributed by atoms with Crippen molar-refractivity contribution in [2.24, 2.45) is 5.92 Å². The van der Waals surface area contributed by atoms with Crippen molar-refractivity contribution in [2.45, 2.75) is 25.5 Å². The van der Waals surface area contributed by atoms with Gasteiger partial charge in [0.15, 0.2) is 0 Å². The molecule has 1 saturated heterocycles. The average molecular weight is 207 g/mol. The highest BCUT2D eigenvalue weighted by Crippen LogP contribution is 2.46. The molecule has 0 aliphatic carbocycles. The van der Waals surface area contributed by atoms with Gasteiger partial charge in [-0.25, -0.2) is 0 Å². The van der Waals surface area contributed by atoms with Gasteiger partial charge in [-0.05, 0) is 6.92 Å². The van der Waals surface area contributed by atoms with Crippen molar-refractivity contribution in [3.8, 4) is 0 Å². The summed E-state index contributed by atoms with van der Waals surface area (Å²) in [6.07, 6.45) is 1.89. The maximum Gasteiger partial charge on any atom is 0.135 e. The van der Waals surface area contributed by atoms with Crippen LogP contribution >= 0.6 is 0 Å². The van der Waals surface area contributed by atoms with Crippen LogP contribution in [0.5, 0.6) is 0 Å². The largest absolute Gasteiger partial charge is 0.374 e. The Morgan fingerprint density at radius 1 is 1.73 bits per heavy atom. The molecule has 3 unspecified atom stereocenters. The SMILES string of the molecule is CC(=O)C1CN2c3cn[nH]c3C1CC2O. The number of Topliss-reactive ketones (excluding diaryl/α,β-unsaturated/α-hetero) is 1. The van der Waals surface area contributed by atoms with E-state index in [0.717, 1.165) is 11.4 Å². The molecule has 0 amide bonds. The number of aliphatic hydroxyl groups excluding tert-OH is 1. The Bertz CT molecular complexity index is 415. The molecular weight excluding hydrogens is 194 g/mol. The molecule has 2 N–H and O–H groups in total. The van der Waals surface area contributed by atoms with Crippen LogP contribution in [0, 0.1) is 5.92 Å². The highest BCUT2D eigenvalue weighted by atomic mass is 16.3. The number of rotatable bonds is 1. The molecule has 1 aromatic heterocycles. The van der Waals surface area contributed by atoms with Crippen LogP contribution in [-0.4, -0.2) is 33.9 Å². The number of aromatic nitrogens is 2. The summed E-state index contributed by atoms with van der Waals surface area (Å²) < 4.78 is 0. The van der Waals surface area contributed by atoms with Crippen LogP contribution in [-0.2, 0) is 4.79 Å². The number of aromatic amines is 1. The summed E-state index contributed by atoms with van der Waals surface area (Å²) in [7, 11) is 0. The molecule has 0 radical (unpaired) electrons. The second-order valence-electron chi connectivity index (χ2n) is 4.36. The number of H-pyrrole nitrogens is 1. The number of ketones is 1. The van der Waals surface area contributed by atoms with E-state index in [2.05, 4.69) is 10.2 Å². The quantitative estimate of drug-likeness (QED) is 0.692. The summed E-state index contributed by atoms with van der Waals surface area (Å²) >= 11 is 0. The van der Waals surface area contributed by atoms with E-state index in [9.17, 15) is 9.90 Å². The van der Waals surface area contributed by atoms with E-state index in [1.54, 1.807) is 13.1 Å². The summed E-state index contributed by atoms with van der Waals surface area (Å²) in [5, 5.41) is 16.8. The number of nitrogens with zero attached hydrogens (tertiary/aromatic N) is 2. The van der Waals surface area contributed by atoms with Gasteiger partial charge in [0.05, 0.1) is 17.6 Å². The highest BCUT2D eigenvalue weighted by molar-refractivity contribution is 5.82. The smallest absolute Gasteiger partial charge is 0.135 e. The molecule has 5 heteroatoms. The van der Waals surface area contributed by atoms with Crippen LogP contribution in [0.4, 0.5) is 5.69 Å². The minimum atomic E-state index is -0.462. The molecule has 4 rings (SSSR count). The number of aliphatic hydroxyl groups is 1. The van der Waals surface area contributed by atoms with Gasteiger partial charge in [0, 0.05) is 24.8 Å². The Kier molecular flexibility index (Phi) is 1.68. The fourth-order valence-electron chi connectivity index (χ4n) is 2.76. The summed E-state index contributed by atoms with van der Waals surface area (Å²) in [4.78, 5) is 13.4. The molecule has 0 aromatic carbocycles. The Morgan fingerprint density at radius 3 is 3.27 bits per heavy atom. The summed E-state index contributed by atoms with van der Waals surface area (Å²) in [6.45, 7) is 2.24. The molecule has 3 aliphatic rings. The lowest BCUT2D eigenvalue weighted by Crippen LogP contribution is -2.52. The van der Waals surface area contributed by atoms with E-state index < -0.39 is 6.23 Å². The third-order valence-electron chi connectivity index (χ3n) is 3.55. The van der Waals surface area contributed by atoms with Gasteiger partial charge >= 0.3 is 0 Å². The third kappa shape index (κ3) is 1.07. The monoisotopic (exact) mass is 207 g/mol. The van der Waals surface area contributed by atoms with Crippen LogP contribution in [0.25, 0.3) is 0 Å². The summed E-state index contributed by atoms with van der Waals surface area (Å²) in [5.74, 6) is 0.304. The lowest BCUT2D eigenvalue weighted by Gasteiger charge is -2.47. The normalized spacial score (nSPS) is 32.9. The van der Waals surface area contributed by atoms with Gasteiger partial charge < -0.3 is 10.0 Å². The van der Waals surface area contributed by atoms with Gasteiger partial charge in [-0.15, -0.1) is 0 Å². The van der Waals surface area contributed by atoms with Crippen LogP contribution in [0.2, 0.25) is 0 Å². The zero-order valence-electron chi connectivity index (χ0n) is 8.47. The van der Waals surface area contributed by atoms with Crippen molar-refractivity contribution >= 4 is 11.5 Å². The fourth-order valence-corrected chi connectivity index (χ4v) is 2.76. The standard InChI is InChI=1S/C10H13N3O2/c1-5(14)7-4-13-8-3-11-12-10(8)6(7)2-9(13)15/h3,6-7,9,15H,2,4H2,1H3,(H,11,12). The molecule has 5 nitrogen and oxygen atoms in total. The predicted molar refractivity (Wildman–Crippen MR) is 53.5 cm³/mol. The third-order valence-corrected chi connectivity index (χ3v) is 3.55. The van der Waals surface area contributed by atoms with Crippen LogP contribution < -0.4 is 4.90 Å². The van der Waals surface area contributed by atoms with Crippen molar-refractivity contribution in [3.63, 3.8) is 0 Å². The first kappa shape index (κ1) is 8.91. The van der Waals surface area contributed by atoms with Gasteiger partial charge in [0.25, 0.3) is 0 Å². The first-order valence-corrected chi connectivity index (χ1v) is 5.17. The first-order valence-electron chi connectivity index (χ1n) is 5.17. The lowest BCUT2D eigenvalue weighted by molar-refractivity contribution is -0.122. The van der Waals surface area contributed by atoms with Gasteiger partial charge in [-0.2, -0.15) is 5.10 Å². The predicted octanol–water partition coefficient (Wildman–Crippen LogP) is 0.241. The molecule has 4 heterocycles. The molecule has 0 saturated carbocycles. The van der Waals surface area contributed by atoms with Crippen LogP contribution in [0.3, 0.4) is 0 Å². The number of nitrogens with one attached hydrogen (secondary N) is 1. The molecule has 0 spiro atoms. The summed E-state index contributed by atoms with van der Waals surface area (Å²) in [5.41, 5.74) is 1.96. The average Bonchev–Trinajstić information content (AvgIpc) is 2.66. The Morgan fingerprint density at radius 2 is 2.53 bits per heavy atom. The van der Waals surface area contributed by atoms with E-state index in [1.807, 2.05) is 4.90 Å². The number of carbonyl (C=O) groups excluding carboxylic acids is 1. The second kappa shape index (κ2) is 2.82. The number of fused-ring (bicyclic) bond motifs is 2. The zero-order valence-corrected chi connectivity index (χ0v) is 8.47. The topological polar surface area (TPSA) is 69.2 Å². The van der Waals surface area contributed by atoms with Gasteiger partial charge in [-0.3, -0.25) is 9.89 Å². The molecule has 80 valence electrons. The van der Waals surface area contributed by atoms with E-state index >= 15 is 0 Å². The molecular formula is C10H13N3O2. The van der Waals surface area contributed by atoms with Crippen LogP contribution in [0.15, 0.2) is 6.20 Å². The maximum atomic E-state index is 11.5. The molecule has 15 heavy (non-hydrogen) atoms.